The lowest BCUT2D eigenvalue weighted by Gasteiger charge is -2.07. The molecule has 0 aliphatic carbocycles. The zero-order valence-electron chi connectivity index (χ0n) is 14.2. The molecular weight excluding hydrogens is 336 g/mol. The number of thioether (sulfide) groups is 1. The van der Waals surface area contributed by atoms with Gasteiger partial charge in [-0.3, -0.25) is 4.79 Å². The quantitative estimate of drug-likeness (QED) is 0.846. The molecule has 6 heteroatoms. The van der Waals surface area contributed by atoms with Crippen LogP contribution in [-0.4, -0.2) is 25.3 Å². The summed E-state index contributed by atoms with van der Waals surface area (Å²) in [4.78, 5) is 17.3. The zero-order valence-corrected chi connectivity index (χ0v) is 15.0. The van der Waals surface area contributed by atoms with Gasteiger partial charge in [-0.15, -0.1) is 0 Å². The van der Waals surface area contributed by atoms with Gasteiger partial charge in [0.1, 0.15) is 17.2 Å². The van der Waals surface area contributed by atoms with Gasteiger partial charge in [-0.2, -0.15) is 0 Å². The highest BCUT2D eigenvalue weighted by Crippen LogP contribution is 2.34. The smallest absolute Gasteiger partial charge is 0.264 e. The number of hydrogen-bond acceptors (Lipinski definition) is 5. The lowest BCUT2D eigenvalue weighted by molar-refractivity contribution is -0.115. The van der Waals surface area contributed by atoms with E-state index in [9.17, 15) is 4.79 Å². The Balaban J connectivity index is 1.88. The average molecular weight is 354 g/mol. The van der Waals surface area contributed by atoms with Crippen molar-refractivity contribution in [2.24, 2.45) is 4.99 Å². The van der Waals surface area contributed by atoms with E-state index >= 15 is 0 Å². The molecule has 1 N–H and O–H groups in total. The molecule has 0 radical (unpaired) electrons. The van der Waals surface area contributed by atoms with Crippen molar-refractivity contribution in [2.45, 2.75) is 6.92 Å². The van der Waals surface area contributed by atoms with Crippen LogP contribution in [0.1, 0.15) is 11.1 Å². The molecule has 1 fully saturated rings. The Bertz CT molecular complexity index is 875. The van der Waals surface area contributed by atoms with Crippen molar-refractivity contribution in [3.63, 3.8) is 0 Å². The van der Waals surface area contributed by atoms with Crippen LogP contribution < -0.4 is 14.8 Å². The van der Waals surface area contributed by atoms with E-state index in [1.54, 1.807) is 32.4 Å². The van der Waals surface area contributed by atoms with Crippen LogP contribution in [0.3, 0.4) is 0 Å². The lowest BCUT2D eigenvalue weighted by Crippen LogP contribution is -2.19. The van der Waals surface area contributed by atoms with E-state index in [0.29, 0.717) is 27.3 Å². The first kappa shape index (κ1) is 17.1. The van der Waals surface area contributed by atoms with Gasteiger partial charge >= 0.3 is 0 Å². The van der Waals surface area contributed by atoms with E-state index in [0.717, 1.165) is 11.1 Å². The fourth-order valence-corrected chi connectivity index (χ4v) is 3.18. The highest BCUT2D eigenvalue weighted by atomic mass is 32.2. The molecule has 128 valence electrons. The highest BCUT2D eigenvalue weighted by Gasteiger charge is 2.24. The van der Waals surface area contributed by atoms with Crippen molar-refractivity contribution in [2.75, 3.05) is 14.2 Å². The fraction of sp³-hybridized carbons (Fsp3) is 0.158. The van der Waals surface area contributed by atoms with Gasteiger partial charge in [-0.1, -0.05) is 24.3 Å². The molecule has 1 amide bonds. The monoisotopic (exact) mass is 354 g/mol. The molecule has 0 atom stereocenters. The minimum absolute atomic E-state index is 0.153. The molecule has 2 aromatic rings. The summed E-state index contributed by atoms with van der Waals surface area (Å²) in [6.07, 6.45) is 1.88. The van der Waals surface area contributed by atoms with Crippen molar-refractivity contribution >= 4 is 34.6 Å². The summed E-state index contributed by atoms with van der Waals surface area (Å²) in [5, 5.41) is 3.31. The van der Waals surface area contributed by atoms with Gasteiger partial charge in [-0.25, -0.2) is 4.99 Å². The third-order valence-corrected chi connectivity index (χ3v) is 4.64. The third kappa shape index (κ3) is 3.85. The Morgan fingerprint density at radius 3 is 2.64 bits per heavy atom. The van der Waals surface area contributed by atoms with Gasteiger partial charge in [0, 0.05) is 6.07 Å². The topological polar surface area (TPSA) is 59.9 Å². The molecule has 0 spiro atoms. The Morgan fingerprint density at radius 1 is 1.12 bits per heavy atom. The summed E-state index contributed by atoms with van der Waals surface area (Å²) >= 11 is 1.31. The number of aliphatic imine (C=N–C) groups is 1. The van der Waals surface area contributed by atoms with Gasteiger partial charge in [0.2, 0.25) is 0 Å². The van der Waals surface area contributed by atoms with E-state index in [1.807, 2.05) is 37.3 Å². The molecule has 0 aromatic heterocycles. The Morgan fingerprint density at radius 2 is 1.92 bits per heavy atom. The molecule has 2 aromatic carbocycles. The second-order valence-electron chi connectivity index (χ2n) is 5.38. The molecule has 0 saturated carbocycles. The van der Waals surface area contributed by atoms with Gasteiger partial charge in [0.15, 0.2) is 5.17 Å². The number of carbonyl (C=O) groups excluding carboxylic acids is 1. The molecule has 1 aliphatic rings. The molecule has 25 heavy (non-hydrogen) atoms. The summed E-state index contributed by atoms with van der Waals surface area (Å²) < 4.78 is 10.5. The van der Waals surface area contributed by atoms with Crippen LogP contribution in [0.4, 0.5) is 5.69 Å². The fourth-order valence-electron chi connectivity index (χ4n) is 2.36. The summed E-state index contributed by atoms with van der Waals surface area (Å²) in [5.74, 6) is 1.11. The molecule has 0 bridgehead atoms. The Kier molecular flexibility index (Phi) is 5.09. The normalized spacial score (nSPS) is 17.0. The second-order valence-corrected chi connectivity index (χ2v) is 6.41. The van der Waals surface area contributed by atoms with E-state index in [1.165, 1.54) is 11.8 Å². The van der Waals surface area contributed by atoms with Crippen LogP contribution >= 0.6 is 11.8 Å². The number of amides is 1. The number of methoxy groups -OCH3 is 2. The van der Waals surface area contributed by atoms with Crippen molar-refractivity contribution in [3.8, 4) is 11.5 Å². The number of ether oxygens (including phenoxy) is 2. The van der Waals surface area contributed by atoms with Crippen LogP contribution in [0, 0.1) is 6.92 Å². The summed E-state index contributed by atoms with van der Waals surface area (Å²) in [5.41, 5.74) is 2.76. The Labute approximate surface area is 150 Å². The average Bonchev–Trinajstić information content (AvgIpc) is 2.96. The van der Waals surface area contributed by atoms with Crippen LogP contribution in [0.2, 0.25) is 0 Å². The van der Waals surface area contributed by atoms with Crippen molar-refractivity contribution < 1.29 is 14.3 Å². The zero-order chi connectivity index (χ0) is 17.8. The molecule has 1 heterocycles. The second kappa shape index (κ2) is 7.44. The van der Waals surface area contributed by atoms with E-state index < -0.39 is 0 Å². The standard InChI is InChI=1S/C19H18N2O3S/c1-12-6-4-5-7-13(12)10-17-18(22)21-19(25-17)20-15-9-8-14(23-2)11-16(15)24-3/h4-11H,1-3H3,(H,20,21,22)/b17-10-. The molecule has 3 rings (SSSR count). The van der Waals surface area contributed by atoms with Crippen LogP contribution in [-0.2, 0) is 4.79 Å². The Hall–Kier alpha value is -2.73. The number of nitrogens with one attached hydrogen (secondary N) is 1. The predicted octanol–water partition coefficient (Wildman–Crippen LogP) is 3.90. The van der Waals surface area contributed by atoms with Gasteiger partial charge in [0.05, 0.1) is 19.1 Å². The highest BCUT2D eigenvalue weighted by molar-refractivity contribution is 8.18. The molecular formula is C19H18N2O3S. The first-order chi connectivity index (χ1) is 12.1. The number of nitrogens with zero attached hydrogens (tertiary/aromatic N) is 1. The SMILES string of the molecule is COc1ccc(N=C2NC(=O)/C(=C/c3ccccc3C)S2)c(OC)c1. The summed E-state index contributed by atoms with van der Waals surface area (Å²) in [6.45, 7) is 2.02. The minimum Gasteiger partial charge on any atom is -0.497 e. The van der Waals surface area contributed by atoms with Crippen LogP contribution in [0.5, 0.6) is 11.5 Å². The number of amidine groups is 1. The van der Waals surface area contributed by atoms with Gasteiger partial charge in [0.25, 0.3) is 5.91 Å². The molecule has 1 saturated heterocycles. The molecule has 1 aliphatic heterocycles. The van der Waals surface area contributed by atoms with Gasteiger partial charge < -0.3 is 14.8 Å². The third-order valence-electron chi connectivity index (χ3n) is 3.73. The summed E-state index contributed by atoms with van der Waals surface area (Å²) in [6, 6.07) is 13.3. The number of hydrogen-bond donors (Lipinski definition) is 1. The predicted molar refractivity (Wildman–Crippen MR) is 102 cm³/mol. The number of rotatable bonds is 4. The number of carbonyl (C=O) groups is 1. The maximum absolute atomic E-state index is 12.2. The maximum atomic E-state index is 12.2. The maximum Gasteiger partial charge on any atom is 0.264 e. The van der Waals surface area contributed by atoms with E-state index in [4.69, 9.17) is 9.47 Å². The van der Waals surface area contributed by atoms with Crippen molar-refractivity contribution in [3.05, 3.63) is 58.5 Å². The lowest BCUT2D eigenvalue weighted by atomic mass is 10.1. The van der Waals surface area contributed by atoms with Crippen LogP contribution in [0.25, 0.3) is 6.08 Å². The summed E-state index contributed by atoms with van der Waals surface area (Å²) in [7, 11) is 3.17. The first-order valence-electron chi connectivity index (χ1n) is 7.68. The van der Waals surface area contributed by atoms with Gasteiger partial charge in [-0.05, 0) is 48.0 Å². The molecule has 0 unspecified atom stereocenters. The largest absolute Gasteiger partial charge is 0.497 e. The first-order valence-corrected chi connectivity index (χ1v) is 8.49. The number of benzene rings is 2. The molecule has 5 nitrogen and oxygen atoms in total. The van der Waals surface area contributed by atoms with E-state index in [2.05, 4.69) is 10.3 Å². The van der Waals surface area contributed by atoms with Crippen molar-refractivity contribution in [1.82, 2.24) is 5.32 Å². The van der Waals surface area contributed by atoms with E-state index in [-0.39, 0.29) is 5.91 Å². The number of aryl methyl sites for hydroxylation is 1. The minimum atomic E-state index is -0.153. The van der Waals surface area contributed by atoms with Crippen LogP contribution in [0.15, 0.2) is 52.4 Å². The van der Waals surface area contributed by atoms with Crippen molar-refractivity contribution in [1.29, 1.82) is 0 Å².